The van der Waals surface area contributed by atoms with Crippen LogP contribution in [0.15, 0.2) is 22.9 Å². The van der Waals surface area contributed by atoms with E-state index in [1.165, 1.54) is 0 Å². The highest BCUT2D eigenvalue weighted by Gasteiger charge is 2.37. The van der Waals surface area contributed by atoms with Crippen molar-refractivity contribution in [2.45, 2.75) is 38.3 Å². The summed E-state index contributed by atoms with van der Waals surface area (Å²) in [5.41, 5.74) is 2.86. The Labute approximate surface area is 110 Å². The molecule has 0 N–H and O–H groups in total. The molecule has 94 valence electrons. The van der Waals surface area contributed by atoms with Crippen LogP contribution in [0.3, 0.4) is 0 Å². The van der Waals surface area contributed by atoms with Crippen LogP contribution >= 0.6 is 11.3 Å². The zero-order chi connectivity index (χ0) is 12.7. The van der Waals surface area contributed by atoms with Gasteiger partial charge in [0.15, 0.2) is 5.78 Å². The number of amides is 1. The van der Waals surface area contributed by atoms with Crippen molar-refractivity contribution in [2.24, 2.45) is 0 Å². The summed E-state index contributed by atoms with van der Waals surface area (Å²) in [6, 6.07) is -0.242. The summed E-state index contributed by atoms with van der Waals surface area (Å²) >= 11 is 1.55. The summed E-state index contributed by atoms with van der Waals surface area (Å²) < 4.78 is 0. The zero-order valence-electron chi connectivity index (χ0n) is 10.1. The number of allylic oxidation sites excluding steroid dienone is 1. The van der Waals surface area contributed by atoms with Gasteiger partial charge in [0.2, 0.25) is 0 Å². The highest BCUT2D eigenvalue weighted by molar-refractivity contribution is 7.08. The fraction of sp³-hybridized carbons (Fsp3) is 0.429. The van der Waals surface area contributed by atoms with Gasteiger partial charge in [0.25, 0.3) is 5.91 Å². The van der Waals surface area contributed by atoms with Crippen LogP contribution in [-0.2, 0) is 11.3 Å². The van der Waals surface area contributed by atoms with Gasteiger partial charge in [-0.2, -0.15) is 11.3 Å². The summed E-state index contributed by atoms with van der Waals surface area (Å²) in [6.45, 7) is 4.51. The van der Waals surface area contributed by atoms with Crippen molar-refractivity contribution in [1.29, 1.82) is 0 Å². The SMILES string of the molecule is C=C1CCC[C@H](N2Cc3cscc3C2=O)C(=O)C1. The van der Waals surface area contributed by atoms with E-state index >= 15 is 0 Å². The smallest absolute Gasteiger partial charge is 0.255 e. The summed E-state index contributed by atoms with van der Waals surface area (Å²) in [5.74, 6) is 0.178. The number of hydrogen-bond donors (Lipinski definition) is 0. The molecule has 2 heterocycles. The van der Waals surface area contributed by atoms with Gasteiger partial charge in [-0.05, 0) is 30.2 Å². The third-order valence-corrected chi connectivity index (χ3v) is 4.55. The third-order valence-electron chi connectivity index (χ3n) is 3.75. The molecule has 1 amide bonds. The lowest BCUT2D eigenvalue weighted by molar-refractivity contribution is -0.122. The third kappa shape index (κ3) is 1.81. The molecule has 3 nitrogen and oxygen atoms in total. The lowest BCUT2D eigenvalue weighted by atomic mass is 10.1. The molecule has 3 rings (SSSR count). The number of ketones is 1. The molecule has 1 aliphatic heterocycles. The Kier molecular flexibility index (Phi) is 2.82. The van der Waals surface area contributed by atoms with Crippen molar-refractivity contribution in [1.82, 2.24) is 4.90 Å². The number of thiophene rings is 1. The van der Waals surface area contributed by atoms with Crippen molar-refractivity contribution in [3.63, 3.8) is 0 Å². The van der Waals surface area contributed by atoms with Gasteiger partial charge in [0, 0.05) is 18.3 Å². The monoisotopic (exact) mass is 261 g/mol. The minimum atomic E-state index is -0.242. The van der Waals surface area contributed by atoms with Crippen molar-refractivity contribution in [3.8, 4) is 0 Å². The van der Waals surface area contributed by atoms with E-state index in [2.05, 4.69) is 6.58 Å². The average molecular weight is 261 g/mol. The molecule has 4 heteroatoms. The van der Waals surface area contributed by atoms with E-state index in [-0.39, 0.29) is 17.7 Å². The molecule has 1 saturated carbocycles. The van der Waals surface area contributed by atoms with Gasteiger partial charge in [-0.3, -0.25) is 9.59 Å². The van der Waals surface area contributed by atoms with E-state index in [0.717, 1.165) is 36.0 Å². The molecule has 0 bridgehead atoms. The summed E-state index contributed by atoms with van der Waals surface area (Å²) in [7, 11) is 0. The van der Waals surface area contributed by atoms with Crippen molar-refractivity contribution < 1.29 is 9.59 Å². The summed E-state index contributed by atoms with van der Waals surface area (Å²) in [5, 5.41) is 3.89. The van der Waals surface area contributed by atoms with Crippen molar-refractivity contribution >= 4 is 23.0 Å². The number of fused-ring (bicyclic) bond motifs is 1. The maximum atomic E-state index is 12.3. The molecule has 18 heavy (non-hydrogen) atoms. The molecule has 1 aliphatic carbocycles. The van der Waals surface area contributed by atoms with Gasteiger partial charge in [-0.25, -0.2) is 0 Å². The van der Waals surface area contributed by atoms with Crippen molar-refractivity contribution in [3.05, 3.63) is 34.0 Å². The quantitative estimate of drug-likeness (QED) is 0.576. The standard InChI is InChI=1S/C14H15NO2S/c1-9-3-2-4-12(13(16)5-9)15-6-10-7-18-8-11(10)14(15)17/h7-8,12H,1-6H2/t12-/m0/s1. The van der Waals surface area contributed by atoms with Gasteiger partial charge in [-0.15, -0.1) is 0 Å². The molecule has 1 aromatic rings. The summed E-state index contributed by atoms with van der Waals surface area (Å²) in [6.07, 6.45) is 3.07. The van der Waals surface area contributed by atoms with Gasteiger partial charge in [-0.1, -0.05) is 12.2 Å². The Hall–Kier alpha value is -1.42. The predicted molar refractivity (Wildman–Crippen MR) is 70.6 cm³/mol. The Balaban J connectivity index is 1.84. The van der Waals surface area contributed by atoms with E-state index < -0.39 is 0 Å². The lowest BCUT2D eigenvalue weighted by Gasteiger charge is -2.25. The number of Topliss-reactive ketones (excluding diaryl/α,β-unsaturated/α-hetero) is 1. The number of nitrogens with zero attached hydrogens (tertiary/aromatic N) is 1. The van der Waals surface area contributed by atoms with Gasteiger partial charge in [0.1, 0.15) is 0 Å². The Morgan fingerprint density at radius 2 is 2.17 bits per heavy atom. The van der Waals surface area contributed by atoms with Crippen LogP contribution in [0.4, 0.5) is 0 Å². The Morgan fingerprint density at radius 1 is 1.33 bits per heavy atom. The molecule has 0 radical (unpaired) electrons. The maximum Gasteiger partial charge on any atom is 0.255 e. The van der Waals surface area contributed by atoms with Crippen LogP contribution in [0.1, 0.15) is 41.6 Å². The van der Waals surface area contributed by atoms with E-state index in [9.17, 15) is 9.59 Å². The second-order valence-corrected chi connectivity index (χ2v) is 5.79. The number of rotatable bonds is 1. The molecule has 0 aromatic carbocycles. The first kappa shape index (κ1) is 11.7. The van der Waals surface area contributed by atoms with Crippen LogP contribution in [0.5, 0.6) is 0 Å². The second kappa shape index (κ2) is 4.35. The Bertz CT molecular complexity index is 532. The largest absolute Gasteiger partial charge is 0.324 e. The molecule has 2 aliphatic rings. The first-order chi connectivity index (χ1) is 8.66. The number of carbonyl (C=O) groups is 2. The summed E-state index contributed by atoms with van der Waals surface area (Å²) in [4.78, 5) is 26.2. The maximum absolute atomic E-state index is 12.3. The van der Waals surface area contributed by atoms with Gasteiger partial charge >= 0.3 is 0 Å². The molecule has 0 saturated heterocycles. The highest BCUT2D eigenvalue weighted by Crippen LogP contribution is 2.31. The first-order valence-electron chi connectivity index (χ1n) is 6.22. The van der Waals surface area contributed by atoms with Crippen LogP contribution in [0.25, 0.3) is 0 Å². The first-order valence-corrected chi connectivity index (χ1v) is 7.16. The van der Waals surface area contributed by atoms with Crippen molar-refractivity contribution in [2.75, 3.05) is 0 Å². The molecule has 1 atom stereocenters. The molecule has 0 unspecified atom stereocenters. The fourth-order valence-electron chi connectivity index (χ4n) is 2.78. The zero-order valence-corrected chi connectivity index (χ0v) is 11.0. The van der Waals surface area contributed by atoms with E-state index in [1.807, 2.05) is 10.8 Å². The molecular formula is C14H15NO2S. The molecular weight excluding hydrogens is 246 g/mol. The van der Waals surface area contributed by atoms with Crippen LogP contribution in [0, 0.1) is 0 Å². The topological polar surface area (TPSA) is 37.4 Å². The molecule has 0 spiro atoms. The number of hydrogen-bond acceptors (Lipinski definition) is 3. The Morgan fingerprint density at radius 3 is 2.94 bits per heavy atom. The van der Waals surface area contributed by atoms with E-state index in [1.54, 1.807) is 16.2 Å². The van der Waals surface area contributed by atoms with Crippen LogP contribution < -0.4 is 0 Å². The minimum Gasteiger partial charge on any atom is -0.324 e. The minimum absolute atomic E-state index is 0.0251. The predicted octanol–water partition coefficient (Wildman–Crippen LogP) is 2.77. The molecule has 1 fully saturated rings. The van der Waals surface area contributed by atoms with E-state index in [4.69, 9.17) is 0 Å². The van der Waals surface area contributed by atoms with Gasteiger partial charge < -0.3 is 4.90 Å². The van der Waals surface area contributed by atoms with E-state index in [0.29, 0.717) is 13.0 Å². The van der Waals surface area contributed by atoms with Crippen LogP contribution in [-0.4, -0.2) is 22.6 Å². The average Bonchev–Trinajstić information content (AvgIpc) is 2.84. The number of carbonyl (C=O) groups excluding carboxylic acids is 2. The second-order valence-electron chi connectivity index (χ2n) is 5.04. The normalized spacial score (nSPS) is 24.3. The lowest BCUT2D eigenvalue weighted by Crippen LogP contribution is -2.40. The fourth-order valence-corrected chi connectivity index (χ4v) is 3.61. The van der Waals surface area contributed by atoms with Gasteiger partial charge in [0.05, 0.1) is 11.6 Å². The highest BCUT2D eigenvalue weighted by atomic mass is 32.1. The van der Waals surface area contributed by atoms with Crippen LogP contribution in [0.2, 0.25) is 0 Å². The molecule has 1 aromatic heterocycles.